The molecule has 0 saturated carbocycles. The predicted molar refractivity (Wildman–Crippen MR) is 71.6 cm³/mol. The molecule has 2 aromatic rings. The third-order valence-electron chi connectivity index (χ3n) is 2.85. The lowest BCUT2D eigenvalue weighted by Gasteiger charge is -2.14. The van der Waals surface area contributed by atoms with E-state index in [9.17, 15) is 13.2 Å². The van der Waals surface area contributed by atoms with Gasteiger partial charge >= 0.3 is 6.18 Å². The molecule has 3 nitrogen and oxygen atoms in total. The second-order valence-corrected chi connectivity index (χ2v) is 4.62. The van der Waals surface area contributed by atoms with E-state index in [0.29, 0.717) is 22.3 Å². The summed E-state index contributed by atoms with van der Waals surface area (Å²) in [6.07, 6.45) is 0.511. The van der Waals surface area contributed by atoms with Gasteiger partial charge in [0.1, 0.15) is 4.64 Å². The molecule has 0 unspecified atom stereocenters. The topological polar surface area (TPSA) is 41.6 Å². The van der Waals surface area contributed by atoms with Crippen LogP contribution >= 0.6 is 12.2 Å². The van der Waals surface area contributed by atoms with Gasteiger partial charge in [0, 0.05) is 23.5 Å². The van der Waals surface area contributed by atoms with E-state index in [1.54, 1.807) is 0 Å². The summed E-state index contributed by atoms with van der Waals surface area (Å²) in [6, 6.07) is 0.961. The van der Waals surface area contributed by atoms with Crippen LogP contribution in [0, 0.1) is 4.64 Å². The Morgan fingerprint density at radius 1 is 1.35 bits per heavy atom. The minimum Gasteiger partial charge on any atom is -0.345 e. The van der Waals surface area contributed by atoms with E-state index in [0.717, 1.165) is 18.7 Å². The Bertz CT molecular complexity index is 664. The zero-order valence-corrected chi connectivity index (χ0v) is 11.5. The van der Waals surface area contributed by atoms with Gasteiger partial charge in [-0.3, -0.25) is 4.98 Å². The number of alkyl halides is 3. The number of rotatable bonds is 3. The molecule has 2 heterocycles. The number of aromatic nitrogens is 3. The maximum atomic E-state index is 13.1. The molecule has 0 radical (unpaired) electrons. The highest BCUT2D eigenvalue weighted by Crippen LogP contribution is 2.36. The normalized spacial score (nSPS) is 11.6. The number of H-pyrrole nitrogens is 1. The Morgan fingerprint density at radius 2 is 2.10 bits per heavy atom. The van der Waals surface area contributed by atoms with Crippen molar-refractivity contribution in [2.75, 3.05) is 0 Å². The fourth-order valence-corrected chi connectivity index (χ4v) is 2.25. The van der Waals surface area contributed by atoms with Crippen molar-refractivity contribution in [1.29, 1.82) is 0 Å². The van der Waals surface area contributed by atoms with Crippen molar-refractivity contribution >= 4 is 12.2 Å². The molecule has 2 aromatic heterocycles. The van der Waals surface area contributed by atoms with Crippen molar-refractivity contribution in [1.82, 2.24) is 15.0 Å². The van der Waals surface area contributed by atoms with Gasteiger partial charge in [0.05, 0.1) is 17.6 Å². The first-order valence-electron chi connectivity index (χ1n) is 6.03. The van der Waals surface area contributed by atoms with Gasteiger partial charge < -0.3 is 4.98 Å². The summed E-state index contributed by atoms with van der Waals surface area (Å²) >= 11 is 5.11. The fourth-order valence-electron chi connectivity index (χ4n) is 1.99. The lowest BCUT2D eigenvalue weighted by molar-refractivity contribution is -0.137. The smallest absolute Gasteiger partial charge is 0.345 e. The first-order chi connectivity index (χ1) is 9.45. The molecule has 0 bridgehead atoms. The molecule has 0 aliphatic heterocycles. The van der Waals surface area contributed by atoms with Crippen LogP contribution in [0.25, 0.3) is 11.3 Å². The number of pyridine rings is 1. The SMILES string of the molecule is CCCc1c(-c2cnccc2C(F)(F)F)[nH]cnc1=S. The molecular weight excluding hydrogens is 287 g/mol. The van der Waals surface area contributed by atoms with Gasteiger partial charge in [0.2, 0.25) is 0 Å². The Kier molecular flexibility index (Phi) is 4.17. The van der Waals surface area contributed by atoms with E-state index in [2.05, 4.69) is 15.0 Å². The van der Waals surface area contributed by atoms with Crippen molar-refractivity contribution in [3.05, 3.63) is 40.6 Å². The van der Waals surface area contributed by atoms with Crippen LogP contribution in [0.2, 0.25) is 0 Å². The zero-order chi connectivity index (χ0) is 14.8. The molecule has 1 N–H and O–H groups in total. The highest BCUT2D eigenvalue weighted by Gasteiger charge is 2.34. The Labute approximate surface area is 118 Å². The summed E-state index contributed by atoms with van der Waals surface area (Å²) < 4.78 is 39.5. The third-order valence-corrected chi connectivity index (χ3v) is 3.20. The molecule has 2 rings (SSSR count). The molecule has 0 atom stereocenters. The summed E-state index contributed by atoms with van der Waals surface area (Å²) in [6.45, 7) is 1.93. The molecule has 20 heavy (non-hydrogen) atoms. The summed E-state index contributed by atoms with van der Waals surface area (Å²) in [5.41, 5.74) is 0.217. The number of aromatic amines is 1. The van der Waals surface area contributed by atoms with E-state index >= 15 is 0 Å². The first kappa shape index (κ1) is 14.6. The van der Waals surface area contributed by atoms with Crippen molar-refractivity contribution in [2.45, 2.75) is 25.9 Å². The van der Waals surface area contributed by atoms with Gasteiger partial charge in [-0.25, -0.2) is 4.98 Å². The summed E-state index contributed by atoms with van der Waals surface area (Å²) in [5.74, 6) is 0. The van der Waals surface area contributed by atoms with Crippen molar-refractivity contribution in [3.63, 3.8) is 0 Å². The van der Waals surface area contributed by atoms with Gasteiger partial charge in [-0.1, -0.05) is 25.6 Å². The Balaban J connectivity index is 2.70. The van der Waals surface area contributed by atoms with Crippen LogP contribution in [-0.4, -0.2) is 15.0 Å². The largest absolute Gasteiger partial charge is 0.417 e. The predicted octanol–water partition coefficient (Wildman–Crippen LogP) is 4.17. The highest BCUT2D eigenvalue weighted by molar-refractivity contribution is 7.71. The van der Waals surface area contributed by atoms with Gasteiger partial charge in [0.25, 0.3) is 0 Å². The van der Waals surface area contributed by atoms with Crippen LogP contribution in [0.4, 0.5) is 13.2 Å². The fraction of sp³-hybridized carbons (Fsp3) is 0.308. The van der Waals surface area contributed by atoms with E-state index < -0.39 is 11.7 Å². The average molecular weight is 299 g/mol. The molecule has 0 aliphatic carbocycles. The molecule has 0 saturated heterocycles. The van der Waals surface area contributed by atoms with Crippen LogP contribution in [0.1, 0.15) is 24.5 Å². The number of nitrogens with one attached hydrogen (secondary N) is 1. The lowest BCUT2D eigenvalue weighted by Crippen LogP contribution is -2.09. The van der Waals surface area contributed by atoms with E-state index in [1.165, 1.54) is 12.5 Å². The highest BCUT2D eigenvalue weighted by atomic mass is 32.1. The molecule has 0 aromatic carbocycles. The second kappa shape index (κ2) is 5.70. The monoisotopic (exact) mass is 299 g/mol. The maximum absolute atomic E-state index is 13.1. The maximum Gasteiger partial charge on any atom is 0.417 e. The number of hydrogen-bond donors (Lipinski definition) is 1. The van der Waals surface area contributed by atoms with Crippen LogP contribution in [-0.2, 0) is 12.6 Å². The van der Waals surface area contributed by atoms with Crippen molar-refractivity contribution < 1.29 is 13.2 Å². The Hall–Kier alpha value is -1.76. The van der Waals surface area contributed by atoms with E-state index in [4.69, 9.17) is 12.2 Å². The molecular formula is C13H12F3N3S. The van der Waals surface area contributed by atoms with Gasteiger partial charge in [-0.05, 0) is 12.5 Å². The summed E-state index contributed by atoms with van der Waals surface area (Å²) in [4.78, 5) is 10.5. The summed E-state index contributed by atoms with van der Waals surface area (Å²) in [7, 11) is 0. The van der Waals surface area contributed by atoms with E-state index in [1.807, 2.05) is 6.92 Å². The van der Waals surface area contributed by atoms with E-state index in [-0.39, 0.29) is 5.56 Å². The number of nitrogens with zero attached hydrogens (tertiary/aromatic N) is 2. The quantitative estimate of drug-likeness (QED) is 0.865. The Morgan fingerprint density at radius 3 is 2.75 bits per heavy atom. The number of hydrogen-bond acceptors (Lipinski definition) is 3. The first-order valence-corrected chi connectivity index (χ1v) is 6.44. The zero-order valence-electron chi connectivity index (χ0n) is 10.7. The van der Waals surface area contributed by atoms with Crippen molar-refractivity contribution in [2.24, 2.45) is 0 Å². The molecule has 7 heteroatoms. The second-order valence-electron chi connectivity index (χ2n) is 4.23. The molecule has 0 aliphatic rings. The molecule has 0 amide bonds. The van der Waals surface area contributed by atoms with Crippen LogP contribution in [0.15, 0.2) is 24.8 Å². The van der Waals surface area contributed by atoms with Gasteiger partial charge in [-0.2, -0.15) is 13.2 Å². The average Bonchev–Trinajstić information content (AvgIpc) is 2.40. The van der Waals surface area contributed by atoms with Gasteiger partial charge in [0.15, 0.2) is 0 Å². The lowest BCUT2D eigenvalue weighted by atomic mass is 10.0. The standard InChI is InChI=1S/C13H12F3N3S/c1-2-3-8-11(18-7-19-12(8)20)9-6-17-5-4-10(9)13(14,15)16/h4-7H,2-3H2,1H3,(H,18,19,20). The molecule has 0 fully saturated rings. The number of halogens is 3. The van der Waals surface area contributed by atoms with Crippen LogP contribution in [0.5, 0.6) is 0 Å². The van der Waals surface area contributed by atoms with Gasteiger partial charge in [-0.15, -0.1) is 0 Å². The van der Waals surface area contributed by atoms with Crippen molar-refractivity contribution in [3.8, 4) is 11.3 Å². The minimum atomic E-state index is -4.44. The van der Waals surface area contributed by atoms with Crippen LogP contribution in [0.3, 0.4) is 0 Å². The third kappa shape index (κ3) is 2.87. The molecule has 0 spiro atoms. The minimum absolute atomic E-state index is 0.00282. The molecule has 106 valence electrons. The van der Waals surface area contributed by atoms with Crippen LogP contribution < -0.4 is 0 Å². The summed E-state index contributed by atoms with van der Waals surface area (Å²) in [5, 5.41) is 0.